The van der Waals surface area contributed by atoms with Gasteiger partial charge in [-0.1, -0.05) is 11.6 Å². The minimum atomic E-state index is -0.558. The molecule has 2 nitrogen and oxygen atoms in total. The zero-order valence-corrected chi connectivity index (χ0v) is 6.82. The number of rotatable bonds is 2. The predicted octanol–water partition coefficient (Wildman–Crippen LogP) is 1.39. The highest BCUT2D eigenvalue weighted by atomic mass is 35.5. The first-order valence-electron chi connectivity index (χ1n) is 2.87. The average Bonchev–Trinajstić information content (AvgIpc) is 2.34. The highest BCUT2D eigenvalue weighted by Gasteiger charge is 2.06. The number of nitrogens with two attached hydrogens (primary N) is 1. The molecule has 1 atom stereocenters. The molecule has 3 N–H and O–H groups in total. The number of halogens is 1. The monoisotopic (exact) mass is 177 g/mol. The maximum absolute atomic E-state index is 9.17. The van der Waals surface area contributed by atoms with Gasteiger partial charge < -0.3 is 10.8 Å². The van der Waals surface area contributed by atoms with Gasteiger partial charge in [0.25, 0.3) is 0 Å². The first-order valence-corrected chi connectivity index (χ1v) is 4.07. The Bertz CT molecular complexity index is 213. The predicted molar refractivity (Wildman–Crippen MR) is 43.3 cm³/mol. The molecule has 0 fully saturated rings. The van der Waals surface area contributed by atoms with Gasteiger partial charge in [0.05, 0.1) is 4.34 Å². The van der Waals surface area contributed by atoms with E-state index in [0.29, 0.717) is 4.34 Å². The maximum atomic E-state index is 9.17. The van der Waals surface area contributed by atoms with Gasteiger partial charge in [0.15, 0.2) is 0 Å². The van der Waals surface area contributed by atoms with Crippen molar-refractivity contribution >= 4 is 22.9 Å². The van der Waals surface area contributed by atoms with E-state index in [4.69, 9.17) is 22.4 Å². The molecule has 0 radical (unpaired) electrons. The lowest BCUT2D eigenvalue weighted by Gasteiger charge is -2.01. The highest BCUT2D eigenvalue weighted by molar-refractivity contribution is 7.16. The summed E-state index contributed by atoms with van der Waals surface area (Å²) in [4.78, 5) is 0.826. The lowest BCUT2D eigenvalue weighted by molar-refractivity contribution is 0.190. The lowest BCUT2D eigenvalue weighted by atomic mass is 10.3. The normalized spacial score (nSPS) is 13.5. The van der Waals surface area contributed by atoms with Gasteiger partial charge in [-0.05, 0) is 12.1 Å². The Morgan fingerprint density at radius 1 is 1.70 bits per heavy atom. The van der Waals surface area contributed by atoms with Crippen LogP contribution >= 0.6 is 22.9 Å². The molecule has 1 aromatic rings. The quantitative estimate of drug-likeness (QED) is 0.718. The summed E-state index contributed by atoms with van der Waals surface area (Å²) in [5, 5.41) is 9.17. The van der Waals surface area contributed by atoms with Crippen molar-refractivity contribution in [2.45, 2.75) is 6.10 Å². The molecule has 1 rings (SSSR count). The van der Waals surface area contributed by atoms with Gasteiger partial charge in [0.2, 0.25) is 0 Å². The summed E-state index contributed by atoms with van der Waals surface area (Å²) in [7, 11) is 0. The van der Waals surface area contributed by atoms with E-state index in [1.165, 1.54) is 11.3 Å². The molecule has 0 amide bonds. The first kappa shape index (κ1) is 8.01. The average molecular weight is 178 g/mol. The van der Waals surface area contributed by atoms with E-state index >= 15 is 0 Å². The van der Waals surface area contributed by atoms with E-state index in [0.717, 1.165) is 4.88 Å². The van der Waals surface area contributed by atoms with Crippen molar-refractivity contribution in [1.82, 2.24) is 0 Å². The van der Waals surface area contributed by atoms with Crippen molar-refractivity contribution in [2.24, 2.45) is 5.73 Å². The molecule has 56 valence electrons. The van der Waals surface area contributed by atoms with E-state index in [-0.39, 0.29) is 6.54 Å². The summed E-state index contributed by atoms with van der Waals surface area (Å²) in [6.07, 6.45) is -0.558. The molecular formula is C6H8ClNOS. The summed E-state index contributed by atoms with van der Waals surface area (Å²) >= 11 is 6.98. The molecule has 0 bridgehead atoms. The fourth-order valence-electron chi connectivity index (χ4n) is 0.624. The van der Waals surface area contributed by atoms with Gasteiger partial charge in [0, 0.05) is 11.4 Å². The van der Waals surface area contributed by atoms with Crippen LogP contribution in [-0.4, -0.2) is 11.7 Å². The molecule has 0 saturated heterocycles. The van der Waals surface area contributed by atoms with Crippen molar-refractivity contribution in [2.75, 3.05) is 6.54 Å². The number of thiophene rings is 1. The second-order valence-corrected chi connectivity index (χ2v) is 3.64. The van der Waals surface area contributed by atoms with Gasteiger partial charge in [0.1, 0.15) is 6.10 Å². The molecule has 0 unspecified atom stereocenters. The summed E-state index contributed by atoms with van der Waals surface area (Å²) in [5.41, 5.74) is 5.23. The molecule has 0 aliphatic rings. The molecule has 0 aromatic carbocycles. The zero-order valence-electron chi connectivity index (χ0n) is 5.25. The second kappa shape index (κ2) is 3.34. The Hall–Kier alpha value is -0.0900. The van der Waals surface area contributed by atoms with Crippen LogP contribution in [0.2, 0.25) is 4.34 Å². The summed E-state index contributed by atoms with van der Waals surface area (Å²) in [6.45, 7) is 0.247. The zero-order chi connectivity index (χ0) is 7.56. The maximum Gasteiger partial charge on any atom is 0.100 e. The van der Waals surface area contributed by atoms with Crippen molar-refractivity contribution in [3.8, 4) is 0 Å². The standard InChI is InChI=1S/C6H8ClNOS/c7-6-2-1-5(10-6)4(9)3-8/h1-2,4,9H,3,8H2/t4-/m1/s1. The van der Waals surface area contributed by atoms with Crippen LogP contribution in [0.5, 0.6) is 0 Å². The summed E-state index contributed by atoms with van der Waals surface area (Å²) < 4.78 is 0.683. The summed E-state index contributed by atoms with van der Waals surface area (Å²) in [6, 6.07) is 3.53. The number of aliphatic hydroxyl groups is 1. The molecule has 0 spiro atoms. The molecule has 1 aromatic heterocycles. The molecule has 0 aliphatic heterocycles. The Morgan fingerprint density at radius 2 is 2.40 bits per heavy atom. The van der Waals surface area contributed by atoms with Crippen LogP contribution < -0.4 is 5.73 Å². The van der Waals surface area contributed by atoms with Gasteiger partial charge in [-0.2, -0.15) is 0 Å². The molecule has 10 heavy (non-hydrogen) atoms. The molecular weight excluding hydrogens is 170 g/mol. The Labute approximate surface area is 68.2 Å². The molecule has 0 aliphatic carbocycles. The largest absolute Gasteiger partial charge is 0.386 e. The van der Waals surface area contributed by atoms with Crippen LogP contribution in [0.3, 0.4) is 0 Å². The van der Waals surface area contributed by atoms with Crippen molar-refractivity contribution in [3.63, 3.8) is 0 Å². The van der Waals surface area contributed by atoms with E-state index in [2.05, 4.69) is 0 Å². The minimum Gasteiger partial charge on any atom is -0.386 e. The smallest absolute Gasteiger partial charge is 0.100 e. The van der Waals surface area contributed by atoms with Gasteiger partial charge in [-0.15, -0.1) is 11.3 Å². The fraction of sp³-hybridized carbons (Fsp3) is 0.333. The molecule has 1 heterocycles. The SMILES string of the molecule is NC[C@@H](O)c1ccc(Cl)s1. The Balaban J connectivity index is 2.74. The second-order valence-electron chi connectivity index (χ2n) is 1.89. The number of hydrogen-bond donors (Lipinski definition) is 2. The number of hydrogen-bond acceptors (Lipinski definition) is 3. The molecule has 0 saturated carbocycles. The van der Waals surface area contributed by atoms with E-state index in [9.17, 15) is 0 Å². The van der Waals surface area contributed by atoms with Crippen LogP contribution in [-0.2, 0) is 0 Å². The lowest BCUT2D eigenvalue weighted by Crippen LogP contribution is -2.09. The van der Waals surface area contributed by atoms with Crippen LogP contribution in [0, 0.1) is 0 Å². The Kier molecular flexibility index (Phi) is 2.68. The third-order valence-electron chi connectivity index (χ3n) is 1.15. The van der Waals surface area contributed by atoms with Crippen LogP contribution in [0.1, 0.15) is 11.0 Å². The Morgan fingerprint density at radius 3 is 2.80 bits per heavy atom. The highest BCUT2D eigenvalue weighted by Crippen LogP contribution is 2.25. The van der Waals surface area contributed by atoms with Crippen LogP contribution in [0.15, 0.2) is 12.1 Å². The summed E-state index contributed by atoms with van der Waals surface area (Å²) in [5.74, 6) is 0. The first-order chi connectivity index (χ1) is 4.74. The third kappa shape index (κ3) is 1.70. The van der Waals surface area contributed by atoms with Crippen LogP contribution in [0.25, 0.3) is 0 Å². The van der Waals surface area contributed by atoms with E-state index in [1.807, 2.05) is 0 Å². The third-order valence-corrected chi connectivity index (χ3v) is 2.48. The van der Waals surface area contributed by atoms with Gasteiger partial charge in [-0.25, -0.2) is 0 Å². The van der Waals surface area contributed by atoms with E-state index < -0.39 is 6.10 Å². The van der Waals surface area contributed by atoms with Gasteiger partial charge >= 0.3 is 0 Å². The van der Waals surface area contributed by atoms with Crippen LogP contribution in [0.4, 0.5) is 0 Å². The minimum absolute atomic E-state index is 0.247. The molecule has 4 heteroatoms. The fourth-order valence-corrected chi connectivity index (χ4v) is 1.68. The van der Waals surface area contributed by atoms with Crippen molar-refractivity contribution < 1.29 is 5.11 Å². The van der Waals surface area contributed by atoms with Crippen molar-refractivity contribution in [3.05, 3.63) is 21.3 Å². The topological polar surface area (TPSA) is 46.2 Å². The number of aliphatic hydroxyl groups excluding tert-OH is 1. The van der Waals surface area contributed by atoms with Gasteiger partial charge in [-0.3, -0.25) is 0 Å². The van der Waals surface area contributed by atoms with Crippen molar-refractivity contribution in [1.29, 1.82) is 0 Å². The van der Waals surface area contributed by atoms with E-state index in [1.54, 1.807) is 12.1 Å².